The largest absolute Gasteiger partial charge is 0.375 e. The topological polar surface area (TPSA) is 121 Å². The van der Waals surface area contributed by atoms with E-state index in [0.29, 0.717) is 34.5 Å². The Morgan fingerprint density at radius 3 is 2.84 bits per heavy atom. The first-order chi connectivity index (χ1) is 12.2. The number of anilines is 1. The molecule has 0 saturated carbocycles. The Bertz CT molecular complexity index is 1060. The molecule has 0 bridgehead atoms. The summed E-state index contributed by atoms with van der Waals surface area (Å²) in [4.78, 5) is 21.2. The number of aromatic nitrogens is 6. The third kappa shape index (κ3) is 2.71. The molecule has 4 rings (SSSR count). The van der Waals surface area contributed by atoms with E-state index in [2.05, 4.69) is 24.9 Å². The highest BCUT2D eigenvalue weighted by Crippen LogP contribution is 2.37. The first kappa shape index (κ1) is 15.5. The summed E-state index contributed by atoms with van der Waals surface area (Å²) < 4.78 is 16.0. The van der Waals surface area contributed by atoms with Crippen LogP contribution in [0.2, 0.25) is 0 Å². The molecule has 4 aromatic rings. The van der Waals surface area contributed by atoms with Crippen LogP contribution in [0.25, 0.3) is 33.0 Å². The molecule has 0 radical (unpaired) electrons. The van der Waals surface area contributed by atoms with Gasteiger partial charge in [0.05, 0.1) is 34.8 Å². The Labute approximate surface area is 145 Å². The van der Waals surface area contributed by atoms with Crippen molar-refractivity contribution in [3.05, 3.63) is 36.9 Å². The maximum atomic E-state index is 14.1. The lowest BCUT2D eigenvalue weighted by molar-refractivity contribution is 0.618. The van der Waals surface area contributed by atoms with E-state index < -0.39 is 5.82 Å². The first-order valence-corrected chi connectivity index (χ1v) is 8.22. The number of rotatable bonds is 4. The van der Waals surface area contributed by atoms with Crippen LogP contribution in [0.1, 0.15) is 0 Å². The quantitative estimate of drug-likeness (QED) is 0.570. The van der Waals surface area contributed by atoms with Gasteiger partial charge < -0.3 is 16.0 Å². The molecule has 4 heterocycles. The van der Waals surface area contributed by atoms with Gasteiger partial charge in [-0.05, 0) is 6.07 Å². The average Bonchev–Trinajstić information content (AvgIpc) is 3.19. The minimum Gasteiger partial charge on any atom is -0.375 e. The molecule has 0 aliphatic rings. The van der Waals surface area contributed by atoms with Gasteiger partial charge >= 0.3 is 0 Å². The predicted octanol–water partition coefficient (Wildman–Crippen LogP) is 1.69. The maximum Gasteiger partial charge on any atom is 0.181 e. The van der Waals surface area contributed by atoms with Crippen molar-refractivity contribution in [2.75, 3.05) is 12.3 Å². The van der Waals surface area contributed by atoms with Crippen molar-refractivity contribution in [1.29, 1.82) is 0 Å². The van der Waals surface area contributed by atoms with Crippen LogP contribution in [0.5, 0.6) is 0 Å². The number of hydrogen-bond acceptors (Lipinski definition) is 8. The fourth-order valence-corrected chi connectivity index (χ4v) is 3.40. The smallest absolute Gasteiger partial charge is 0.181 e. The zero-order chi connectivity index (χ0) is 17.4. The molecular weight excluding hydrogens is 343 g/mol. The molecule has 126 valence electrons. The summed E-state index contributed by atoms with van der Waals surface area (Å²) in [5.41, 5.74) is 14.3. The fourth-order valence-electron chi connectivity index (χ4n) is 2.56. The molecule has 25 heavy (non-hydrogen) atoms. The summed E-state index contributed by atoms with van der Waals surface area (Å²) in [5, 5.41) is 0.306. The molecule has 0 fully saturated rings. The summed E-state index contributed by atoms with van der Waals surface area (Å²) in [6, 6.07) is 1.84. The van der Waals surface area contributed by atoms with Crippen molar-refractivity contribution in [2.24, 2.45) is 5.73 Å². The standard InChI is InChI=1S/C15H13FN8S/c16-8-4-19-6-21-12(8)14-13(23-15(18)25-14)9-3-11-10(5-20-9)22-7-24(11)2-1-17/h3-7H,1-2,17H2,(H2,18,23). The van der Waals surface area contributed by atoms with Gasteiger partial charge in [0.25, 0.3) is 0 Å². The number of nitrogens with two attached hydrogens (primary N) is 2. The van der Waals surface area contributed by atoms with Gasteiger partial charge in [0.2, 0.25) is 0 Å². The number of fused-ring (bicyclic) bond motifs is 1. The maximum absolute atomic E-state index is 14.1. The molecule has 0 saturated heterocycles. The van der Waals surface area contributed by atoms with Gasteiger partial charge in [0, 0.05) is 13.1 Å². The molecule has 0 aliphatic heterocycles. The van der Waals surface area contributed by atoms with Gasteiger partial charge in [0.15, 0.2) is 10.9 Å². The highest BCUT2D eigenvalue weighted by Gasteiger charge is 2.20. The molecule has 10 heteroatoms. The number of hydrogen-bond donors (Lipinski definition) is 2. The van der Waals surface area contributed by atoms with E-state index in [9.17, 15) is 4.39 Å². The molecular formula is C15H13FN8S. The average molecular weight is 356 g/mol. The van der Waals surface area contributed by atoms with Crippen LogP contribution in [0.4, 0.5) is 9.52 Å². The number of halogens is 1. The van der Waals surface area contributed by atoms with E-state index in [4.69, 9.17) is 11.5 Å². The third-order valence-corrected chi connectivity index (χ3v) is 4.54. The minimum atomic E-state index is -0.540. The lowest BCUT2D eigenvalue weighted by Crippen LogP contribution is -2.08. The number of imidazole rings is 1. The molecule has 4 N–H and O–H groups in total. The van der Waals surface area contributed by atoms with E-state index in [1.807, 2.05) is 10.6 Å². The van der Waals surface area contributed by atoms with E-state index in [-0.39, 0.29) is 5.69 Å². The second-order valence-electron chi connectivity index (χ2n) is 5.23. The monoisotopic (exact) mass is 356 g/mol. The predicted molar refractivity (Wildman–Crippen MR) is 93.1 cm³/mol. The Kier molecular flexibility index (Phi) is 3.82. The molecule has 0 unspecified atom stereocenters. The Morgan fingerprint density at radius 2 is 2.04 bits per heavy atom. The number of nitrogen functional groups attached to an aromatic ring is 1. The summed E-state index contributed by atoms with van der Waals surface area (Å²) >= 11 is 1.15. The second-order valence-corrected chi connectivity index (χ2v) is 6.26. The molecule has 0 atom stereocenters. The van der Waals surface area contributed by atoms with E-state index in [0.717, 1.165) is 28.6 Å². The SMILES string of the molecule is NCCn1cnc2cnc(-c3nc(N)sc3-c3ncncc3F)cc21. The first-order valence-electron chi connectivity index (χ1n) is 7.41. The molecule has 0 spiro atoms. The van der Waals surface area contributed by atoms with Crippen molar-refractivity contribution in [1.82, 2.24) is 29.5 Å². The van der Waals surface area contributed by atoms with E-state index >= 15 is 0 Å². The lowest BCUT2D eigenvalue weighted by Gasteiger charge is -2.04. The highest BCUT2D eigenvalue weighted by atomic mass is 32.1. The number of nitrogens with zero attached hydrogens (tertiary/aromatic N) is 6. The second kappa shape index (κ2) is 6.15. The van der Waals surface area contributed by atoms with Crippen molar-refractivity contribution in [2.45, 2.75) is 6.54 Å². The van der Waals surface area contributed by atoms with Crippen LogP contribution < -0.4 is 11.5 Å². The number of pyridine rings is 1. The van der Waals surface area contributed by atoms with E-state index in [1.54, 1.807) is 12.5 Å². The van der Waals surface area contributed by atoms with Gasteiger partial charge in [-0.3, -0.25) is 4.98 Å². The Hall–Kier alpha value is -2.98. The van der Waals surface area contributed by atoms with E-state index in [1.165, 1.54) is 6.33 Å². The minimum absolute atomic E-state index is 0.150. The van der Waals surface area contributed by atoms with Gasteiger partial charge in [-0.15, -0.1) is 0 Å². The molecule has 0 aliphatic carbocycles. The van der Waals surface area contributed by atoms with Gasteiger partial charge in [-0.25, -0.2) is 24.3 Å². The zero-order valence-corrected chi connectivity index (χ0v) is 13.7. The van der Waals surface area contributed by atoms with Crippen molar-refractivity contribution in [3.63, 3.8) is 0 Å². The van der Waals surface area contributed by atoms with Crippen LogP contribution in [-0.2, 0) is 6.54 Å². The van der Waals surface area contributed by atoms with Gasteiger partial charge in [-0.1, -0.05) is 11.3 Å². The molecule has 4 aromatic heterocycles. The van der Waals surface area contributed by atoms with Crippen LogP contribution >= 0.6 is 11.3 Å². The Morgan fingerprint density at radius 1 is 1.16 bits per heavy atom. The lowest BCUT2D eigenvalue weighted by atomic mass is 10.2. The van der Waals surface area contributed by atoms with Crippen LogP contribution in [0.15, 0.2) is 31.1 Å². The van der Waals surface area contributed by atoms with Crippen molar-refractivity contribution >= 4 is 27.5 Å². The van der Waals surface area contributed by atoms with Gasteiger partial charge in [0.1, 0.15) is 23.2 Å². The van der Waals surface area contributed by atoms with Crippen molar-refractivity contribution in [3.8, 4) is 22.0 Å². The van der Waals surface area contributed by atoms with Crippen molar-refractivity contribution < 1.29 is 4.39 Å². The zero-order valence-electron chi connectivity index (χ0n) is 12.9. The van der Waals surface area contributed by atoms with Crippen LogP contribution in [-0.4, -0.2) is 36.0 Å². The van der Waals surface area contributed by atoms with Gasteiger partial charge in [-0.2, -0.15) is 0 Å². The highest BCUT2D eigenvalue weighted by molar-refractivity contribution is 7.19. The van der Waals surface area contributed by atoms with Crippen LogP contribution in [0, 0.1) is 5.82 Å². The normalized spacial score (nSPS) is 11.3. The summed E-state index contributed by atoms with van der Waals surface area (Å²) in [6.07, 6.45) is 5.75. The van der Waals surface area contributed by atoms with Crippen LogP contribution in [0.3, 0.4) is 0 Å². The molecule has 0 amide bonds. The fraction of sp³-hybridized carbons (Fsp3) is 0.133. The Balaban J connectivity index is 1.89. The third-order valence-electron chi connectivity index (χ3n) is 3.65. The number of thiazole rings is 1. The summed E-state index contributed by atoms with van der Waals surface area (Å²) in [7, 11) is 0. The molecule has 8 nitrogen and oxygen atoms in total. The molecule has 0 aromatic carbocycles. The summed E-state index contributed by atoms with van der Waals surface area (Å²) in [5.74, 6) is -0.540. The summed E-state index contributed by atoms with van der Waals surface area (Å²) in [6.45, 7) is 1.12.